The van der Waals surface area contributed by atoms with Crippen LogP contribution in [0.3, 0.4) is 0 Å². The van der Waals surface area contributed by atoms with Gasteiger partial charge in [0.2, 0.25) is 10.0 Å². The highest BCUT2D eigenvalue weighted by molar-refractivity contribution is 9.09. The molecule has 0 fully saturated rings. The van der Waals surface area contributed by atoms with Crippen molar-refractivity contribution in [3.63, 3.8) is 0 Å². The lowest BCUT2D eigenvalue weighted by Crippen LogP contribution is -2.34. The van der Waals surface area contributed by atoms with Gasteiger partial charge in [-0.1, -0.05) is 28.1 Å². The zero-order chi connectivity index (χ0) is 22.1. The summed E-state index contributed by atoms with van der Waals surface area (Å²) >= 11 is 3.16. The second kappa shape index (κ2) is 8.46. The Balaban J connectivity index is 2.00. The highest BCUT2D eigenvalue weighted by Gasteiger charge is 2.31. The molecule has 6 nitrogen and oxygen atoms in total. The zero-order valence-corrected chi connectivity index (χ0v) is 18.6. The number of ether oxygens (including phenoxy) is 1. The first kappa shape index (κ1) is 22.4. The SMILES string of the molecule is Cc1ccn2c(C)c(N(Cc3ccc(OC(F)(F)F)cc3)S(=O)(=O)CCBr)nc2c1. The summed E-state index contributed by atoms with van der Waals surface area (Å²) in [6.45, 7) is 3.60. The van der Waals surface area contributed by atoms with Crippen molar-refractivity contribution >= 4 is 37.4 Å². The minimum Gasteiger partial charge on any atom is -0.406 e. The highest BCUT2D eigenvalue weighted by Crippen LogP contribution is 2.28. The van der Waals surface area contributed by atoms with Crippen LogP contribution in [0.25, 0.3) is 5.65 Å². The van der Waals surface area contributed by atoms with Gasteiger partial charge in [-0.05, 0) is 49.2 Å². The topological polar surface area (TPSA) is 63.9 Å². The molecule has 0 saturated heterocycles. The third-order valence-corrected chi connectivity index (χ3v) is 7.00. The maximum absolute atomic E-state index is 13.0. The first-order valence-electron chi connectivity index (χ1n) is 8.86. The van der Waals surface area contributed by atoms with Crippen molar-refractivity contribution in [2.24, 2.45) is 0 Å². The van der Waals surface area contributed by atoms with Crippen LogP contribution in [-0.4, -0.2) is 35.2 Å². The van der Waals surface area contributed by atoms with Gasteiger partial charge in [0.15, 0.2) is 5.82 Å². The van der Waals surface area contributed by atoms with Crippen molar-refractivity contribution in [2.45, 2.75) is 26.8 Å². The predicted octanol–water partition coefficient (Wildman–Crippen LogP) is 4.58. The first-order chi connectivity index (χ1) is 14.0. The van der Waals surface area contributed by atoms with Gasteiger partial charge < -0.3 is 9.14 Å². The molecule has 0 bridgehead atoms. The van der Waals surface area contributed by atoms with Gasteiger partial charge in [-0.25, -0.2) is 17.7 Å². The molecule has 0 N–H and O–H groups in total. The average Bonchev–Trinajstić information content (AvgIpc) is 2.95. The van der Waals surface area contributed by atoms with E-state index in [-0.39, 0.29) is 29.2 Å². The zero-order valence-electron chi connectivity index (χ0n) is 16.1. The van der Waals surface area contributed by atoms with E-state index in [1.54, 1.807) is 11.3 Å². The second-order valence-electron chi connectivity index (χ2n) is 6.66. The average molecular weight is 506 g/mol. The van der Waals surface area contributed by atoms with Gasteiger partial charge in [0.25, 0.3) is 0 Å². The van der Waals surface area contributed by atoms with E-state index in [4.69, 9.17) is 0 Å². The number of hydrogen-bond donors (Lipinski definition) is 0. The van der Waals surface area contributed by atoms with Crippen LogP contribution in [-0.2, 0) is 16.6 Å². The number of rotatable bonds is 7. The number of hydrogen-bond acceptors (Lipinski definition) is 4. The second-order valence-corrected chi connectivity index (χ2v) is 9.46. The number of nitrogens with zero attached hydrogens (tertiary/aromatic N) is 3. The molecule has 3 rings (SSSR count). The number of imidazole rings is 1. The summed E-state index contributed by atoms with van der Waals surface area (Å²) in [7, 11) is -3.74. The summed E-state index contributed by atoms with van der Waals surface area (Å²) in [5.74, 6) is -0.258. The third kappa shape index (κ3) is 5.07. The molecule has 162 valence electrons. The van der Waals surface area contributed by atoms with Crippen molar-refractivity contribution in [2.75, 3.05) is 15.4 Å². The van der Waals surface area contributed by atoms with Gasteiger partial charge in [-0.15, -0.1) is 13.2 Å². The molecule has 0 atom stereocenters. The van der Waals surface area contributed by atoms with Gasteiger partial charge in [0.1, 0.15) is 11.4 Å². The molecule has 0 aliphatic carbocycles. The Bertz CT molecular complexity index is 1150. The maximum Gasteiger partial charge on any atom is 0.573 e. The Morgan fingerprint density at radius 3 is 2.43 bits per heavy atom. The van der Waals surface area contributed by atoms with Gasteiger partial charge in [0, 0.05) is 11.5 Å². The number of alkyl halides is 4. The Morgan fingerprint density at radius 1 is 1.17 bits per heavy atom. The van der Waals surface area contributed by atoms with Crippen LogP contribution in [0.5, 0.6) is 5.75 Å². The van der Waals surface area contributed by atoms with Crippen molar-refractivity contribution in [3.05, 3.63) is 59.4 Å². The molecule has 0 unspecified atom stereocenters. The van der Waals surface area contributed by atoms with Gasteiger partial charge >= 0.3 is 6.36 Å². The molecule has 0 saturated carbocycles. The molecule has 0 spiro atoms. The van der Waals surface area contributed by atoms with Crippen LogP contribution in [0, 0.1) is 13.8 Å². The van der Waals surface area contributed by atoms with E-state index in [2.05, 4.69) is 25.7 Å². The lowest BCUT2D eigenvalue weighted by Gasteiger charge is -2.23. The van der Waals surface area contributed by atoms with E-state index in [0.29, 0.717) is 16.9 Å². The lowest BCUT2D eigenvalue weighted by atomic mass is 10.2. The Labute approximate surface area is 180 Å². The third-order valence-electron chi connectivity index (χ3n) is 4.39. The number of anilines is 1. The summed E-state index contributed by atoms with van der Waals surface area (Å²) in [5.41, 5.74) is 2.72. The highest BCUT2D eigenvalue weighted by atomic mass is 79.9. The summed E-state index contributed by atoms with van der Waals surface area (Å²) in [6, 6.07) is 8.83. The Hall–Kier alpha value is -2.27. The standard InChI is InChI=1S/C19H19BrF3N3O3S/c1-13-7-9-25-14(2)18(24-17(25)11-13)26(30(27,28)10-8-20)12-15-3-5-16(6-4-15)29-19(21,22)23/h3-7,9,11H,8,10,12H2,1-2H3. The summed E-state index contributed by atoms with van der Waals surface area (Å²) in [4.78, 5) is 4.51. The fourth-order valence-electron chi connectivity index (χ4n) is 2.97. The van der Waals surface area contributed by atoms with Crippen LogP contribution >= 0.6 is 15.9 Å². The summed E-state index contributed by atoms with van der Waals surface area (Å²) in [5, 5.41) is 0.232. The maximum atomic E-state index is 13.0. The van der Waals surface area contributed by atoms with Crippen LogP contribution in [0.2, 0.25) is 0 Å². The molecular weight excluding hydrogens is 487 g/mol. The normalized spacial score (nSPS) is 12.3. The van der Waals surface area contributed by atoms with Gasteiger partial charge in [-0.2, -0.15) is 0 Å². The Kier molecular flexibility index (Phi) is 6.32. The number of fused-ring (bicyclic) bond motifs is 1. The molecule has 1 aromatic carbocycles. The molecule has 11 heteroatoms. The van der Waals surface area contributed by atoms with Gasteiger partial charge in [-0.3, -0.25) is 0 Å². The summed E-state index contributed by atoms with van der Waals surface area (Å²) in [6.07, 6.45) is -2.98. The molecule has 0 aliphatic rings. The number of aryl methyl sites for hydroxylation is 2. The molecule has 30 heavy (non-hydrogen) atoms. The van der Waals surface area contributed by atoms with E-state index in [1.165, 1.54) is 16.4 Å². The van der Waals surface area contributed by atoms with E-state index in [9.17, 15) is 21.6 Å². The molecule has 0 radical (unpaired) electrons. The van der Waals surface area contributed by atoms with E-state index >= 15 is 0 Å². The number of halogens is 4. The lowest BCUT2D eigenvalue weighted by molar-refractivity contribution is -0.274. The molecule has 0 amide bonds. The number of benzene rings is 1. The summed E-state index contributed by atoms with van der Waals surface area (Å²) < 4.78 is 69.9. The molecular formula is C19H19BrF3N3O3S. The predicted molar refractivity (Wildman–Crippen MR) is 112 cm³/mol. The van der Waals surface area contributed by atoms with Crippen molar-refractivity contribution in [1.82, 2.24) is 9.38 Å². The van der Waals surface area contributed by atoms with Crippen LogP contribution in [0.15, 0.2) is 42.6 Å². The van der Waals surface area contributed by atoms with E-state index < -0.39 is 16.4 Å². The molecule has 2 aromatic heterocycles. The van der Waals surface area contributed by atoms with Crippen molar-refractivity contribution in [3.8, 4) is 5.75 Å². The Morgan fingerprint density at radius 2 is 1.83 bits per heavy atom. The van der Waals surface area contributed by atoms with Crippen molar-refractivity contribution in [1.29, 1.82) is 0 Å². The van der Waals surface area contributed by atoms with E-state index in [1.807, 2.05) is 25.3 Å². The first-order valence-corrected chi connectivity index (χ1v) is 11.6. The number of pyridine rings is 1. The molecule has 0 aliphatic heterocycles. The molecule has 3 aromatic rings. The van der Waals surface area contributed by atoms with Crippen LogP contribution in [0.4, 0.5) is 19.0 Å². The minimum atomic E-state index is -4.79. The molecule has 2 heterocycles. The smallest absolute Gasteiger partial charge is 0.406 e. The fraction of sp³-hybridized carbons (Fsp3) is 0.316. The van der Waals surface area contributed by atoms with Crippen LogP contribution in [0.1, 0.15) is 16.8 Å². The monoisotopic (exact) mass is 505 g/mol. The number of sulfonamides is 1. The quantitative estimate of drug-likeness (QED) is 0.441. The van der Waals surface area contributed by atoms with Crippen molar-refractivity contribution < 1.29 is 26.3 Å². The van der Waals surface area contributed by atoms with E-state index in [0.717, 1.165) is 17.7 Å². The minimum absolute atomic E-state index is 0.0780. The fourth-order valence-corrected chi connectivity index (χ4v) is 5.39. The van der Waals surface area contributed by atoms with Crippen LogP contribution < -0.4 is 9.04 Å². The largest absolute Gasteiger partial charge is 0.573 e. The van der Waals surface area contributed by atoms with Gasteiger partial charge in [0.05, 0.1) is 18.0 Å². The number of aromatic nitrogens is 2.